The highest BCUT2D eigenvalue weighted by atomic mass is 16.5. The number of nitrogens with zero attached hydrogens (tertiary/aromatic N) is 1. The normalized spacial score (nSPS) is 21.9. The number of amides is 1. The Hall–Kier alpha value is -2.21. The standard InChI is InChI=1S/C23H29N3O2/c27-23(25-28)20-10-8-17(9-11-20)5-4-12-26-15-18(16-26)14-24-22-13-21(22)19-6-2-1-3-7-19/h1-3,6-11,18,21-22,24,28H,4-5,12-16H2,(H,25,27)/t21-,22+/m1/s1. The molecule has 2 aromatic carbocycles. The minimum Gasteiger partial charge on any atom is -0.313 e. The second-order valence-electron chi connectivity index (χ2n) is 8.13. The first kappa shape index (κ1) is 19.1. The summed E-state index contributed by atoms with van der Waals surface area (Å²) in [5.41, 5.74) is 4.84. The molecule has 5 heteroatoms. The highest BCUT2D eigenvalue weighted by Gasteiger charge is 2.38. The van der Waals surface area contributed by atoms with Crippen LogP contribution in [0, 0.1) is 5.92 Å². The molecule has 2 aromatic rings. The predicted octanol–water partition coefficient (Wildman–Crippen LogP) is 2.82. The van der Waals surface area contributed by atoms with E-state index >= 15 is 0 Å². The van der Waals surface area contributed by atoms with E-state index in [0.29, 0.717) is 17.5 Å². The van der Waals surface area contributed by atoms with Crippen molar-refractivity contribution in [2.75, 3.05) is 26.2 Å². The van der Waals surface area contributed by atoms with E-state index in [2.05, 4.69) is 40.5 Å². The Morgan fingerprint density at radius 3 is 2.54 bits per heavy atom. The van der Waals surface area contributed by atoms with Crippen LogP contribution in [0.3, 0.4) is 0 Å². The van der Waals surface area contributed by atoms with Crippen molar-refractivity contribution in [1.82, 2.24) is 15.7 Å². The summed E-state index contributed by atoms with van der Waals surface area (Å²) in [5.74, 6) is 1.04. The van der Waals surface area contributed by atoms with Gasteiger partial charge < -0.3 is 10.2 Å². The molecule has 1 saturated carbocycles. The van der Waals surface area contributed by atoms with Crippen LogP contribution in [0.5, 0.6) is 0 Å². The summed E-state index contributed by atoms with van der Waals surface area (Å²) < 4.78 is 0. The third-order valence-corrected chi connectivity index (χ3v) is 5.98. The van der Waals surface area contributed by atoms with E-state index in [0.717, 1.165) is 31.8 Å². The third kappa shape index (κ3) is 4.79. The largest absolute Gasteiger partial charge is 0.313 e. The zero-order chi connectivity index (χ0) is 19.3. The van der Waals surface area contributed by atoms with Crippen LogP contribution < -0.4 is 10.8 Å². The fourth-order valence-electron chi connectivity index (χ4n) is 4.19. The molecule has 2 fully saturated rings. The zero-order valence-electron chi connectivity index (χ0n) is 16.2. The lowest BCUT2D eigenvalue weighted by atomic mass is 9.99. The molecule has 3 N–H and O–H groups in total. The van der Waals surface area contributed by atoms with E-state index in [4.69, 9.17) is 5.21 Å². The quantitative estimate of drug-likeness (QED) is 0.463. The minimum atomic E-state index is -0.465. The summed E-state index contributed by atoms with van der Waals surface area (Å²) in [5, 5.41) is 12.4. The summed E-state index contributed by atoms with van der Waals surface area (Å²) in [6.45, 7) is 4.67. The molecule has 2 aliphatic rings. The van der Waals surface area contributed by atoms with E-state index in [1.807, 2.05) is 12.1 Å². The van der Waals surface area contributed by atoms with Crippen molar-refractivity contribution in [1.29, 1.82) is 0 Å². The Balaban J connectivity index is 1.08. The van der Waals surface area contributed by atoms with Crippen molar-refractivity contribution < 1.29 is 10.0 Å². The van der Waals surface area contributed by atoms with Gasteiger partial charge >= 0.3 is 0 Å². The smallest absolute Gasteiger partial charge is 0.274 e. The van der Waals surface area contributed by atoms with Crippen molar-refractivity contribution in [3.8, 4) is 0 Å². The van der Waals surface area contributed by atoms with E-state index < -0.39 is 5.91 Å². The summed E-state index contributed by atoms with van der Waals surface area (Å²) >= 11 is 0. The Kier molecular flexibility index (Phi) is 6.05. The van der Waals surface area contributed by atoms with Crippen molar-refractivity contribution in [2.45, 2.75) is 31.2 Å². The summed E-state index contributed by atoms with van der Waals surface area (Å²) in [4.78, 5) is 13.9. The van der Waals surface area contributed by atoms with Gasteiger partial charge in [-0.15, -0.1) is 0 Å². The molecule has 1 amide bonds. The molecule has 148 valence electrons. The van der Waals surface area contributed by atoms with Crippen LogP contribution in [0.1, 0.15) is 40.2 Å². The van der Waals surface area contributed by atoms with Gasteiger partial charge in [0.1, 0.15) is 0 Å². The monoisotopic (exact) mass is 379 g/mol. The number of likely N-dealkylation sites (tertiary alicyclic amines) is 1. The molecule has 1 heterocycles. The van der Waals surface area contributed by atoms with Crippen LogP contribution in [0.15, 0.2) is 54.6 Å². The Morgan fingerprint density at radius 2 is 1.82 bits per heavy atom. The van der Waals surface area contributed by atoms with Gasteiger partial charge in [0.25, 0.3) is 5.91 Å². The number of hydroxylamine groups is 1. The Morgan fingerprint density at radius 1 is 1.07 bits per heavy atom. The van der Waals surface area contributed by atoms with Crippen molar-refractivity contribution in [2.24, 2.45) is 5.92 Å². The van der Waals surface area contributed by atoms with Gasteiger partial charge in [0.15, 0.2) is 0 Å². The lowest BCUT2D eigenvalue weighted by Crippen LogP contribution is -2.51. The Labute approximate surface area is 166 Å². The van der Waals surface area contributed by atoms with Crippen molar-refractivity contribution in [3.05, 3.63) is 71.3 Å². The van der Waals surface area contributed by atoms with E-state index in [-0.39, 0.29) is 0 Å². The SMILES string of the molecule is O=C(NO)c1ccc(CCCN2CC(CN[C@H]3C[C@@H]3c3ccccc3)C2)cc1. The number of rotatable bonds is 9. The van der Waals surface area contributed by atoms with Crippen molar-refractivity contribution >= 4 is 5.91 Å². The fourth-order valence-corrected chi connectivity index (χ4v) is 4.19. The van der Waals surface area contributed by atoms with Gasteiger partial charge in [-0.1, -0.05) is 42.5 Å². The molecule has 1 saturated heterocycles. The number of hydrogen-bond acceptors (Lipinski definition) is 4. The lowest BCUT2D eigenvalue weighted by Gasteiger charge is -2.39. The summed E-state index contributed by atoms with van der Waals surface area (Å²) in [6, 6.07) is 19.0. The van der Waals surface area contributed by atoms with Crippen LogP contribution in [-0.2, 0) is 6.42 Å². The molecule has 2 atom stereocenters. The topological polar surface area (TPSA) is 64.6 Å². The average Bonchev–Trinajstić information content (AvgIpc) is 3.49. The van der Waals surface area contributed by atoms with E-state index in [1.54, 1.807) is 17.6 Å². The van der Waals surface area contributed by atoms with E-state index in [9.17, 15) is 4.79 Å². The van der Waals surface area contributed by atoms with Crippen LogP contribution >= 0.6 is 0 Å². The number of carbonyl (C=O) groups excluding carboxylic acids is 1. The molecule has 0 aromatic heterocycles. The number of carbonyl (C=O) groups is 1. The average molecular weight is 380 g/mol. The summed E-state index contributed by atoms with van der Waals surface area (Å²) in [7, 11) is 0. The lowest BCUT2D eigenvalue weighted by molar-refractivity contribution is 0.0706. The third-order valence-electron chi connectivity index (χ3n) is 5.98. The van der Waals surface area contributed by atoms with Gasteiger partial charge in [-0.3, -0.25) is 10.0 Å². The van der Waals surface area contributed by atoms with Gasteiger partial charge in [0, 0.05) is 37.2 Å². The van der Waals surface area contributed by atoms with Crippen LogP contribution in [0.2, 0.25) is 0 Å². The maximum atomic E-state index is 11.3. The predicted molar refractivity (Wildman–Crippen MR) is 110 cm³/mol. The number of aryl methyl sites for hydroxylation is 1. The minimum absolute atomic E-state index is 0.465. The number of nitrogens with one attached hydrogen (secondary N) is 2. The zero-order valence-corrected chi connectivity index (χ0v) is 16.2. The van der Waals surface area contributed by atoms with Gasteiger partial charge in [-0.2, -0.15) is 0 Å². The first-order valence-electron chi connectivity index (χ1n) is 10.3. The van der Waals surface area contributed by atoms with Crippen LogP contribution in [0.25, 0.3) is 0 Å². The first-order valence-corrected chi connectivity index (χ1v) is 10.3. The van der Waals surface area contributed by atoms with Crippen LogP contribution in [-0.4, -0.2) is 48.2 Å². The molecular formula is C23H29N3O2. The second-order valence-corrected chi connectivity index (χ2v) is 8.13. The fraction of sp³-hybridized carbons (Fsp3) is 0.435. The molecule has 0 bridgehead atoms. The molecule has 5 nitrogen and oxygen atoms in total. The van der Waals surface area contributed by atoms with Gasteiger partial charge in [-0.05, 0) is 55.0 Å². The summed E-state index contributed by atoms with van der Waals surface area (Å²) in [6.07, 6.45) is 3.42. The molecular weight excluding hydrogens is 350 g/mol. The van der Waals surface area contributed by atoms with Gasteiger partial charge in [0.2, 0.25) is 0 Å². The van der Waals surface area contributed by atoms with Crippen molar-refractivity contribution in [3.63, 3.8) is 0 Å². The molecule has 1 aliphatic carbocycles. The first-order chi connectivity index (χ1) is 13.7. The van der Waals surface area contributed by atoms with E-state index in [1.165, 1.54) is 30.6 Å². The maximum Gasteiger partial charge on any atom is 0.274 e. The van der Waals surface area contributed by atoms with Gasteiger partial charge in [-0.25, -0.2) is 5.48 Å². The highest BCUT2D eigenvalue weighted by molar-refractivity contribution is 5.93. The molecule has 1 aliphatic heterocycles. The van der Waals surface area contributed by atoms with Gasteiger partial charge in [0.05, 0.1) is 0 Å². The molecule has 4 rings (SSSR count). The van der Waals surface area contributed by atoms with Crippen LogP contribution in [0.4, 0.5) is 0 Å². The number of hydrogen-bond donors (Lipinski definition) is 3. The molecule has 0 spiro atoms. The molecule has 0 unspecified atom stereocenters. The Bertz CT molecular complexity index is 772. The number of benzene rings is 2. The second kappa shape index (κ2) is 8.86. The maximum absolute atomic E-state index is 11.3. The molecule has 0 radical (unpaired) electrons. The molecule has 28 heavy (non-hydrogen) atoms. The highest BCUT2D eigenvalue weighted by Crippen LogP contribution is 2.40.